The molecular formula is C12H15ClN4O3S. The van der Waals surface area contributed by atoms with Gasteiger partial charge in [0.25, 0.3) is 0 Å². The maximum absolute atomic E-state index is 11.9. The highest BCUT2D eigenvalue weighted by atomic mass is 35.5. The van der Waals surface area contributed by atoms with E-state index in [4.69, 9.17) is 22.1 Å². The lowest BCUT2D eigenvalue weighted by Crippen LogP contribution is -2.10. The molecule has 0 radical (unpaired) electrons. The van der Waals surface area contributed by atoms with Gasteiger partial charge in [-0.3, -0.25) is 0 Å². The average molecular weight is 331 g/mol. The number of aromatic amines is 1. The predicted octanol–water partition coefficient (Wildman–Crippen LogP) is 1.67. The number of sulfone groups is 1. The van der Waals surface area contributed by atoms with Gasteiger partial charge in [0.05, 0.1) is 12.4 Å². The van der Waals surface area contributed by atoms with E-state index in [0.717, 1.165) is 0 Å². The fraction of sp³-hybridized carbons (Fsp3) is 0.333. The van der Waals surface area contributed by atoms with Crippen LogP contribution in [-0.4, -0.2) is 36.0 Å². The lowest BCUT2D eigenvalue weighted by atomic mass is 10.3. The van der Waals surface area contributed by atoms with Crippen molar-refractivity contribution in [2.75, 3.05) is 18.1 Å². The Morgan fingerprint density at radius 3 is 2.57 bits per heavy atom. The summed E-state index contributed by atoms with van der Waals surface area (Å²) in [6.45, 7) is 0.426. The summed E-state index contributed by atoms with van der Waals surface area (Å²) in [5.74, 6) is 0.580. The number of nitrogens with two attached hydrogens (primary N) is 1. The number of hydrogen-bond acceptors (Lipinski definition) is 6. The van der Waals surface area contributed by atoms with Crippen molar-refractivity contribution in [2.45, 2.75) is 18.0 Å². The lowest BCUT2D eigenvalue weighted by Gasteiger charge is -2.06. The van der Waals surface area contributed by atoms with Gasteiger partial charge in [-0.15, -0.1) is 5.10 Å². The van der Waals surface area contributed by atoms with Crippen LogP contribution in [-0.2, 0) is 9.84 Å². The maximum Gasteiger partial charge on any atom is 0.244 e. The van der Waals surface area contributed by atoms with Crippen LogP contribution in [0.25, 0.3) is 0 Å². The van der Waals surface area contributed by atoms with Crippen molar-refractivity contribution in [1.82, 2.24) is 15.2 Å². The fourth-order valence-corrected chi connectivity index (χ4v) is 2.93. The molecule has 2 aromatic rings. The molecule has 0 bridgehead atoms. The van der Waals surface area contributed by atoms with Crippen LogP contribution in [0.2, 0.25) is 5.02 Å². The summed E-state index contributed by atoms with van der Waals surface area (Å²) in [5, 5.41) is 6.24. The number of aromatic nitrogens is 3. The summed E-state index contributed by atoms with van der Waals surface area (Å²) in [6.07, 6.45) is 1.06. The van der Waals surface area contributed by atoms with Gasteiger partial charge in [-0.05, 0) is 37.1 Å². The van der Waals surface area contributed by atoms with Crippen molar-refractivity contribution in [2.24, 2.45) is 0 Å². The van der Waals surface area contributed by atoms with E-state index in [0.29, 0.717) is 30.2 Å². The second-order valence-electron chi connectivity index (χ2n) is 4.33. The Balaban J connectivity index is 1.73. The zero-order chi connectivity index (χ0) is 15.3. The van der Waals surface area contributed by atoms with E-state index in [-0.39, 0.29) is 16.9 Å². The van der Waals surface area contributed by atoms with E-state index in [1.807, 2.05) is 0 Å². The van der Waals surface area contributed by atoms with E-state index in [2.05, 4.69) is 15.2 Å². The summed E-state index contributed by atoms with van der Waals surface area (Å²) in [7, 11) is -3.47. The second-order valence-corrected chi connectivity index (χ2v) is 6.79. The molecule has 0 amide bonds. The maximum atomic E-state index is 11.9. The molecule has 0 aliphatic heterocycles. The van der Waals surface area contributed by atoms with Crippen molar-refractivity contribution in [1.29, 1.82) is 0 Å². The number of benzene rings is 1. The molecule has 0 spiro atoms. The molecule has 2 rings (SSSR count). The first-order valence-electron chi connectivity index (χ1n) is 6.26. The second kappa shape index (κ2) is 6.77. The van der Waals surface area contributed by atoms with Crippen LogP contribution in [0.15, 0.2) is 29.4 Å². The van der Waals surface area contributed by atoms with Crippen molar-refractivity contribution >= 4 is 27.4 Å². The van der Waals surface area contributed by atoms with Crippen LogP contribution < -0.4 is 10.5 Å². The van der Waals surface area contributed by atoms with Crippen molar-refractivity contribution in [3.63, 3.8) is 0 Å². The molecule has 1 aromatic heterocycles. The highest BCUT2D eigenvalue weighted by molar-refractivity contribution is 7.91. The van der Waals surface area contributed by atoms with Crippen LogP contribution in [0, 0.1) is 0 Å². The first-order valence-corrected chi connectivity index (χ1v) is 8.29. The van der Waals surface area contributed by atoms with Crippen LogP contribution in [0.4, 0.5) is 5.95 Å². The topological polar surface area (TPSA) is 111 Å². The number of unbranched alkanes of at least 4 members (excludes halogenated alkanes) is 1. The van der Waals surface area contributed by atoms with E-state index in [9.17, 15) is 8.42 Å². The Morgan fingerprint density at radius 2 is 1.95 bits per heavy atom. The van der Waals surface area contributed by atoms with Gasteiger partial charge in [0.15, 0.2) is 0 Å². The minimum atomic E-state index is -3.47. The Labute approximate surface area is 127 Å². The molecule has 0 aliphatic rings. The number of nitrogens with one attached hydrogen (secondary N) is 1. The highest BCUT2D eigenvalue weighted by Gasteiger charge is 2.18. The standard InChI is InChI=1S/C12H15ClN4O3S/c13-9-3-5-10(6-4-9)20-7-1-2-8-21(18,19)12-15-11(14)16-17-12/h3-6H,1-2,7-8H2,(H3,14,15,16,17). The molecule has 0 saturated heterocycles. The molecule has 0 saturated carbocycles. The fourth-order valence-electron chi connectivity index (χ4n) is 1.61. The van der Waals surface area contributed by atoms with Crippen LogP contribution in [0.1, 0.15) is 12.8 Å². The predicted molar refractivity (Wildman–Crippen MR) is 79.0 cm³/mol. The van der Waals surface area contributed by atoms with Crippen molar-refractivity contribution < 1.29 is 13.2 Å². The molecule has 21 heavy (non-hydrogen) atoms. The van der Waals surface area contributed by atoms with Gasteiger partial charge in [0.1, 0.15) is 5.75 Å². The first kappa shape index (κ1) is 15.6. The number of hydrogen-bond donors (Lipinski definition) is 2. The molecule has 0 aliphatic carbocycles. The number of ether oxygens (including phenoxy) is 1. The Kier molecular flexibility index (Phi) is 5.03. The minimum Gasteiger partial charge on any atom is -0.494 e. The zero-order valence-electron chi connectivity index (χ0n) is 11.1. The summed E-state index contributed by atoms with van der Waals surface area (Å²) < 4.78 is 29.2. The SMILES string of the molecule is Nc1n[nH]c(S(=O)(=O)CCCCOc2ccc(Cl)cc2)n1. The largest absolute Gasteiger partial charge is 0.494 e. The summed E-state index contributed by atoms with van der Waals surface area (Å²) in [6, 6.07) is 6.98. The van der Waals surface area contributed by atoms with Gasteiger partial charge in [-0.1, -0.05) is 11.6 Å². The Morgan fingerprint density at radius 1 is 1.24 bits per heavy atom. The molecule has 0 atom stereocenters. The average Bonchev–Trinajstić information content (AvgIpc) is 2.88. The van der Waals surface area contributed by atoms with Crippen molar-refractivity contribution in [3.8, 4) is 5.75 Å². The number of anilines is 1. The molecule has 9 heteroatoms. The van der Waals surface area contributed by atoms with Crippen molar-refractivity contribution in [3.05, 3.63) is 29.3 Å². The minimum absolute atomic E-state index is 0.0361. The Bertz CT molecular complexity index is 685. The molecule has 0 fully saturated rings. The number of rotatable bonds is 7. The van der Waals surface area contributed by atoms with E-state index in [1.54, 1.807) is 24.3 Å². The number of nitrogen functional groups attached to an aromatic ring is 1. The molecule has 1 aromatic carbocycles. The van der Waals surface area contributed by atoms with E-state index in [1.165, 1.54) is 0 Å². The monoisotopic (exact) mass is 330 g/mol. The highest BCUT2D eigenvalue weighted by Crippen LogP contribution is 2.16. The third-order valence-corrected chi connectivity index (χ3v) is 4.52. The van der Waals surface area contributed by atoms with Crippen LogP contribution in [0.3, 0.4) is 0 Å². The molecule has 7 nitrogen and oxygen atoms in total. The van der Waals surface area contributed by atoms with Gasteiger partial charge in [-0.2, -0.15) is 4.98 Å². The third kappa shape index (κ3) is 4.61. The van der Waals surface area contributed by atoms with E-state index >= 15 is 0 Å². The van der Waals surface area contributed by atoms with Crippen LogP contribution >= 0.6 is 11.6 Å². The van der Waals surface area contributed by atoms with Gasteiger partial charge in [-0.25, -0.2) is 13.5 Å². The van der Waals surface area contributed by atoms with E-state index < -0.39 is 9.84 Å². The molecule has 3 N–H and O–H groups in total. The van der Waals surface area contributed by atoms with Gasteiger partial charge in [0, 0.05) is 5.02 Å². The molecule has 0 unspecified atom stereocenters. The van der Waals surface area contributed by atoms with Gasteiger partial charge < -0.3 is 10.5 Å². The Hall–Kier alpha value is -1.80. The van der Waals surface area contributed by atoms with Gasteiger partial charge >= 0.3 is 0 Å². The smallest absolute Gasteiger partial charge is 0.244 e. The quantitative estimate of drug-likeness (QED) is 0.747. The summed E-state index contributed by atoms with van der Waals surface area (Å²) >= 11 is 5.76. The number of halogens is 1. The molecule has 114 valence electrons. The molecule has 1 heterocycles. The van der Waals surface area contributed by atoms with Crippen LogP contribution in [0.5, 0.6) is 5.75 Å². The number of H-pyrrole nitrogens is 1. The summed E-state index contributed by atoms with van der Waals surface area (Å²) in [4.78, 5) is 3.62. The summed E-state index contributed by atoms with van der Waals surface area (Å²) in [5.41, 5.74) is 5.28. The zero-order valence-corrected chi connectivity index (χ0v) is 12.7. The normalized spacial score (nSPS) is 11.5. The first-order chi connectivity index (χ1) is 9.97. The molecular weight excluding hydrogens is 316 g/mol. The third-order valence-electron chi connectivity index (χ3n) is 2.67. The number of nitrogens with zero attached hydrogens (tertiary/aromatic N) is 2. The lowest BCUT2D eigenvalue weighted by molar-refractivity contribution is 0.309. The van der Waals surface area contributed by atoms with Gasteiger partial charge in [0.2, 0.25) is 20.9 Å².